The number of hydrogen-bond acceptors (Lipinski definition) is 6. The smallest absolute Gasteiger partial charge is 0.271 e. The maximum absolute atomic E-state index is 12.0. The first kappa shape index (κ1) is 14.7. The van der Waals surface area contributed by atoms with Gasteiger partial charge in [-0.05, 0) is 30.3 Å². The molecule has 0 saturated carbocycles. The van der Waals surface area contributed by atoms with E-state index in [0.717, 1.165) is 0 Å². The summed E-state index contributed by atoms with van der Waals surface area (Å²) >= 11 is 0. The van der Waals surface area contributed by atoms with Gasteiger partial charge in [-0.25, -0.2) is 5.43 Å². The van der Waals surface area contributed by atoms with E-state index in [4.69, 9.17) is 14.2 Å². The summed E-state index contributed by atoms with van der Waals surface area (Å²) in [5, 5.41) is 13.6. The van der Waals surface area contributed by atoms with Crippen LogP contribution < -0.4 is 19.6 Å². The van der Waals surface area contributed by atoms with Gasteiger partial charge in [0.1, 0.15) is 11.5 Å². The fourth-order valence-electron chi connectivity index (χ4n) is 2.02. The maximum Gasteiger partial charge on any atom is 0.271 e. The van der Waals surface area contributed by atoms with Gasteiger partial charge in [0.25, 0.3) is 5.91 Å². The van der Waals surface area contributed by atoms with E-state index < -0.39 is 5.91 Å². The molecule has 0 saturated heterocycles. The highest BCUT2D eigenvalue weighted by atomic mass is 16.7. The van der Waals surface area contributed by atoms with Crippen LogP contribution in [0.1, 0.15) is 15.9 Å². The van der Waals surface area contributed by atoms with Crippen LogP contribution in [0.25, 0.3) is 0 Å². The van der Waals surface area contributed by atoms with Gasteiger partial charge < -0.3 is 19.3 Å². The van der Waals surface area contributed by atoms with Gasteiger partial charge in [-0.2, -0.15) is 5.10 Å². The normalized spacial score (nSPS) is 12.4. The summed E-state index contributed by atoms with van der Waals surface area (Å²) in [4.78, 5) is 12.0. The van der Waals surface area contributed by atoms with Crippen molar-refractivity contribution in [3.05, 3.63) is 47.5 Å². The molecule has 7 nitrogen and oxygen atoms in total. The number of carbonyl (C=O) groups excluding carboxylic acids is 1. The Bertz CT molecular complexity index is 773. The van der Waals surface area contributed by atoms with Gasteiger partial charge in [-0.1, -0.05) is 0 Å². The number of aromatic hydroxyl groups is 1. The number of benzene rings is 2. The lowest BCUT2D eigenvalue weighted by Crippen LogP contribution is -2.17. The molecule has 0 radical (unpaired) electrons. The van der Waals surface area contributed by atoms with Crippen molar-refractivity contribution in [1.82, 2.24) is 5.43 Å². The van der Waals surface area contributed by atoms with Crippen molar-refractivity contribution < 1.29 is 24.1 Å². The lowest BCUT2D eigenvalue weighted by Gasteiger charge is -2.03. The molecule has 0 aromatic heterocycles. The molecule has 0 atom stereocenters. The largest absolute Gasteiger partial charge is 0.507 e. The van der Waals surface area contributed by atoms with Crippen molar-refractivity contribution in [2.24, 2.45) is 5.10 Å². The van der Waals surface area contributed by atoms with Gasteiger partial charge in [-0.15, -0.1) is 0 Å². The van der Waals surface area contributed by atoms with Gasteiger partial charge in [0.15, 0.2) is 11.5 Å². The van der Waals surface area contributed by atoms with Crippen molar-refractivity contribution >= 4 is 12.1 Å². The predicted molar refractivity (Wildman–Crippen MR) is 82.3 cm³/mol. The molecule has 0 spiro atoms. The van der Waals surface area contributed by atoms with Crippen molar-refractivity contribution in [2.45, 2.75) is 0 Å². The zero-order valence-corrected chi connectivity index (χ0v) is 12.3. The van der Waals surface area contributed by atoms with Crippen LogP contribution in [0.3, 0.4) is 0 Å². The van der Waals surface area contributed by atoms with Crippen molar-refractivity contribution in [3.8, 4) is 23.0 Å². The Balaban J connectivity index is 1.67. The van der Waals surface area contributed by atoms with Crippen LogP contribution in [0.15, 0.2) is 41.5 Å². The first-order valence-electron chi connectivity index (χ1n) is 6.77. The first-order chi connectivity index (χ1) is 11.2. The standard InChI is InChI=1S/C16H14N2O5/c1-21-12-4-2-11(13(19)7-12)8-17-18-16(20)10-3-5-14-15(6-10)23-9-22-14/h2-8,19H,9H2,1H3,(H,18,20)/b17-8+. The third-order valence-corrected chi connectivity index (χ3v) is 3.24. The number of amides is 1. The minimum absolute atomic E-state index is 0.00503. The van der Waals surface area contributed by atoms with E-state index in [2.05, 4.69) is 10.5 Å². The number of phenolic OH excluding ortho intramolecular Hbond substituents is 1. The van der Waals surface area contributed by atoms with Crippen LogP contribution in [0.4, 0.5) is 0 Å². The van der Waals surface area contributed by atoms with Crippen molar-refractivity contribution in [1.29, 1.82) is 0 Å². The molecule has 0 fully saturated rings. The number of carbonyl (C=O) groups is 1. The quantitative estimate of drug-likeness (QED) is 0.664. The second-order valence-electron chi connectivity index (χ2n) is 4.69. The summed E-state index contributed by atoms with van der Waals surface area (Å²) in [6, 6.07) is 9.63. The fourth-order valence-corrected chi connectivity index (χ4v) is 2.02. The van der Waals surface area contributed by atoms with Crippen LogP contribution in [0, 0.1) is 0 Å². The number of ether oxygens (including phenoxy) is 3. The minimum Gasteiger partial charge on any atom is -0.507 e. The van der Waals surface area contributed by atoms with Gasteiger partial charge in [0.2, 0.25) is 6.79 Å². The zero-order chi connectivity index (χ0) is 16.2. The van der Waals surface area contributed by atoms with Gasteiger partial charge in [0, 0.05) is 17.2 Å². The average molecular weight is 314 g/mol. The number of rotatable bonds is 4. The molecule has 0 bridgehead atoms. The molecule has 1 amide bonds. The monoisotopic (exact) mass is 314 g/mol. The Morgan fingerprint density at radius 1 is 1.26 bits per heavy atom. The Labute approximate surface area is 132 Å². The third-order valence-electron chi connectivity index (χ3n) is 3.24. The number of nitrogens with one attached hydrogen (secondary N) is 1. The van der Waals surface area contributed by atoms with E-state index in [9.17, 15) is 9.90 Å². The second kappa shape index (κ2) is 6.27. The maximum atomic E-state index is 12.0. The predicted octanol–water partition coefficient (Wildman–Crippen LogP) is 1.89. The minimum atomic E-state index is -0.396. The number of hydrogen-bond donors (Lipinski definition) is 2. The second-order valence-corrected chi connectivity index (χ2v) is 4.69. The number of phenols is 1. The Morgan fingerprint density at radius 2 is 2.09 bits per heavy atom. The lowest BCUT2D eigenvalue weighted by molar-refractivity contribution is 0.0954. The lowest BCUT2D eigenvalue weighted by atomic mass is 10.2. The van der Waals surface area contributed by atoms with E-state index in [0.29, 0.717) is 28.4 Å². The van der Waals surface area contributed by atoms with Crippen LogP contribution in [-0.4, -0.2) is 31.1 Å². The van der Waals surface area contributed by atoms with Gasteiger partial charge in [0.05, 0.1) is 13.3 Å². The zero-order valence-electron chi connectivity index (χ0n) is 12.3. The molecule has 23 heavy (non-hydrogen) atoms. The van der Waals surface area contributed by atoms with Crippen LogP contribution in [-0.2, 0) is 0 Å². The molecule has 7 heteroatoms. The average Bonchev–Trinajstić information content (AvgIpc) is 3.03. The topological polar surface area (TPSA) is 89.4 Å². The van der Waals surface area contributed by atoms with Crippen LogP contribution >= 0.6 is 0 Å². The number of hydrazone groups is 1. The van der Waals surface area contributed by atoms with E-state index in [1.165, 1.54) is 19.4 Å². The SMILES string of the molecule is COc1ccc(/C=N/NC(=O)c2ccc3c(c2)OCO3)c(O)c1. The summed E-state index contributed by atoms with van der Waals surface area (Å²) in [5.74, 6) is 1.27. The third kappa shape index (κ3) is 3.18. The van der Waals surface area contributed by atoms with Crippen LogP contribution in [0.5, 0.6) is 23.0 Å². The highest BCUT2D eigenvalue weighted by Crippen LogP contribution is 2.32. The Morgan fingerprint density at radius 3 is 2.87 bits per heavy atom. The number of methoxy groups -OCH3 is 1. The summed E-state index contributed by atoms with van der Waals surface area (Å²) in [5.41, 5.74) is 3.24. The molecular weight excluding hydrogens is 300 g/mol. The summed E-state index contributed by atoms with van der Waals surface area (Å²) in [7, 11) is 1.51. The van der Waals surface area contributed by atoms with Crippen LogP contribution in [0.2, 0.25) is 0 Å². The van der Waals surface area contributed by atoms with Gasteiger partial charge >= 0.3 is 0 Å². The summed E-state index contributed by atoms with van der Waals surface area (Å²) in [6.07, 6.45) is 1.35. The Kier molecular flexibility index (Phi) is 4.01. The van der Waals surface area contributed by atoms with E-state index in [1.54, 1.807) is 30.3 Å². The molecule has 1 heterocycles. The molecule has 2 N–H and O–H groups in total. The summed E-state index contributed by atoms with van der Waals surface area (Å²) in [6.45, 7) is 0.148. The van der Waals surface area contributed by atoms with Crippen molar-refractivity contribution in [2.75, 3.05) is 13.9 Å². The highest BCUT2D eigenvalue weighted by Gasteiger charge is 2.15. The fraction of sp³-hybridized carbons (Fsp3) is 0.125. The molecular formula is C16H14N2O5. The van der Waals surface area contributed by atoms with Gasteiger partial charge in [-0.3, -0.25) is 4.79 Å². The Hall–Kier alpha value is -3.22. The number of fused-ring (bicyclic) bond motifs is 1. The molecule has 0 aliphatic carbocycles. The molecule has 2 aromatic rings. The highest BCUT2D eigenvalue weighted by molar-refractivity contribution is 5.95. The first-order valence-corrected chi connectivity index (χ1v) is 6.77. The summed E-state index contributed by atoms with van der Waals surface area (Å²) < 4.78 is 15.4. The molecule has 0 unspecified atom stereocenters. The van der Waals surface area contributed by atoms with Crippen molar-refractivity contribution in [3.63, 3.8) is 0 Å². The van der Waals surface area contributed by atoms with E-state index in [-0.39, 0.29) is 12.5 Å². The molecule has 1 aliphatic rings. The molecule has 1 aliphatic heterocycles. The molecule has 2 aromatic carbocycles. The molecule has 118 valence electrons. The number of nitrogens with zero attached hydrogens (tertiary/aromatic N) is 1. The van der Waals surface area contributed by atoms with E-state index >= 15 is 0 Å². The molecule has 3 rings (SSSR count). The van der Waals surface area contributed by atoms with E-state index in [1.807, 2.05) is 0 Å².